The summed E-state index contributed by atoms with van der Waals surface area (Å²) in [7, 11) is 0. The topological polar surface area (TPSA) is 86.0 Å². The van der Waals surface area contributed by atoms with Gasteiger partial charge in [-0.3, -0.25) is 4.98 Å². The van der Waals surface area contributed by atoms with Gasteiger partial charge in [-0.1, -0.05) is 0 Å². The first-order chi connectivity index (χ1) is 8.61. The van der Waals surface area contributed by atoms with Crippen molar-refractivity contribution in [2.45, 2.75) is 20.8 Å². The Balaban J connectivity index is 2.40. The number of rotatable bonds is 3. The lowest BCUT2D eigenvalue weighted by atomic mass is 10.3. The quantitative estimate of drug-likeness (QED) is 0.634. The van der Waals surface area contributed by atoms with Crippen molar-refractivity contribution >= 4 is 5.82 Å². The molecule has 0 atom stereocenters. The van der Waals surface area contributed by atoms with E-state index in [0.29, 0.717) is 23.3 Å². The first kappa shape index (κ1) is 12.3. The molecule has 0 aliphatic carbocycles. The molecule has 0 aliphatic heterocycles. The van der Waals surface area contributed by atoms with E-state index < -0.39 is 0 Å². The van der Waals surface area contributed by atoms with Crippen LogP contribution in [0.4, 0.5) is 5.82 Å². The largest absolute Gasteiger partial charge is 0.437 e. The summed E-state index contributed by atoms with van der Waals surface area (Å²) >= 11 is 0. The van der Waals surface area contributed by atoms with Crippen LogP contribution in [0.15, 0.2) is 18.3 Å². The van der Waals surface area contributed by atoms with Gasteiger partial charge in [0.2, 0.25) is 5.88 Å². The van der Waals surface area contributed by atoms with Crippen molar-refractivity contribution in [3.05, 3.63) is 35.4 Å². The molecule has 94 valence electrons. The third-order valence-corrected chi connectivity index (χ3v) is 2.51. The van der Waals surface area contributed by atoms with Crippen LogP contribution in [0.5, 0.6) is 11.6 Å². The molecule has 2 aromatic heterocycles. The highest BCUT2D eigenvalue weighted by molar-refractivity contribution is 5.48. The molecule has 0 fully saturated rings. The molecule has 6 heteroatoms. The van der Waals surface area contributed by atoms with Crippen LogP contribution in [0.25, 0.3) is 0 Å². The molecular formula is C12H15N5O. The second-order valence-electron chi connectivity index (χ2n) is 3.88. The van der Waals surface area contributed by atoms with Gasteiger partial charge in [-0.05, 0) is 32.9 Å². The number of nitrogens with one attached hydrogen (secondary N) is 1. The van der Waals surface area contributed by atoms with E-state index in [-0.39, 0.29) is 0 Å². The highest BCUT2D eigenvalue weighted by Gasteiger charge is 2.11. The molecule has 0 aromatic carbocycles. The van der Waals surface area contributed by atoms with E-state index in [9.17, 15) is 0 Å². The molecule has 0 unspecified atom stereocenters. The zero-order chi connectivity index (χ0) is 13.1. The number of pyridine rings is 1. The van der Waals surface area contributed by atoms with Crippen molar-refractivity contribution in [3.63, 3.8) is 0 Å². The van der Waals surface area contributed by atoms with Gasteiger partial charge in [0.25, 0.3) is 0 Å². The SMILES string of the molecule is Cc1nc(NN)c(C)c(Oc2cccnc2C)n1. The monoisotopic (exact) mass is 245 g/mol. The zero-order valence-electron chi connectivity index (χ0n) is 10.6. The Bertz CT molecular complexity index is 570. The standard InChI is InChI=1S/C12H15N5O/c1-7-11(17-13)15-9(3)16-12(7)18-10-5-4-6-14-8(10)2/h4-6H,13H2,1-3H3,(H,15,16,17). The summed E-state index contributed by atoms with van der Waals surface area (Å²) in [5.41, 5.74) is 4.09. The lowest BCUT2D eigenvalue weighted by molar-refractivity contribution is 0.450. The first-order valence-electron chi connectivity index (χ1n) is 5.53. The van der Waals surface area contributed by atoms with E-state index >= 15 is 0 Å². The Labute approximate surface area is 105 Å². The van der Waals surface area contributed by atoms with Gasteiger partial charge in [-0.2, -0.15) is 4.98 Å². The van der Waals surface area contributed by atoms with Crippen LogP contribution in [0.3, 0.4) is 0 Å². The second kappa shape index (κ2) is 4.97. The van der Waals surface area contributed by atoms with Crippen LogP contribution in [0.2, 0.25) is 0 Å². The summed E-state index contributed by atoms with van der Waals surface area (Å²) in [6.07, 6.45) is 1.72. The minimum absolute atomic E-state index is 0.478. The molecule has 0 saturated heterocycles. The fourth-order valence-corrected chi connectivity index (χ4v) is 1.52. The summed E-state index contributed by atoms with van der Waals surface area (Å²) in [5, 5.41) is 0. The molecule has 0 bridgehead atoms. The number of nitrogens with two attached hydrogens (primary N) is 1. The molecule has 2 aromatic rings. The van der Waals surface area contributed by atoms with Gasteiger partial charge >= 0.3 is 0 Å². The molecule has 0 saturated carbocycles. The average Bonchev–Trinajstić information content (AvgIpc) is 2.36. The van der Waals surface area contributed by atoms with E-state index in [2.05, 4.69) is 20.4 Å². The zero-order valence-corrected chi connectivity index (χ0v) is 10.6. The number of ether oxygens (including phenoxy) is 1. The van der Waals surface area contributed by atoms with Crippen molar-refractivity contribution in [2.75, 3.05) is 5.43 Å². The predicted octanol–water partition coefficient (Wildman–Crippen LogP) is 1.87. The Morgan fingerprint density at radius 2 is 2.00 bits per heavy atom. The Hall–Kier alpha value is -2.21. The van der Waals surface area contributed by atoms with Gasteiger partial charge in [0.1, 0.15) is 11.6 Å². The number of anilines is 1. The molecule has 6 nitrogen and oxygen atoms in total. The molecule has 0 radical (unpaired) electrons. The van der Waals surface area contributed by atoms with Gasteiger partial charge in [0.15, 0.2) is 5.75 Å². The second-order valence-corrected chi connectivity index (χ2v) is 3.88. The van der Waals surface area contributed by atoms with Crippen molar-refractivity contribution in [2.24, 2.45) is 5.84 Å². The number of nitrogen functional groups attached to an aromatic ring is 1. The van der Waals surface area contributed by atoms with Crippen LogP contribution in [-0.2, 0) is 0 Å². The third kappa shape index (κ3) is 2.38. The van der Waals surface area contributed by atoms with E-state index in [4.69, 9.17) is 10.6 Å². The molecule has 0 spiro atoms. The number of aryl methyl sites for hydroxylation is 2. The van der Waals surface area contributed by atoms with Gasteiger partial charge < -0.3 is 10.2 Å². The summed E-state index contributed by atoms with van der Waals surface area (Å²) in [6, 6.07) is 3.66. The van der Waals surface area contributed by atoms with Crippen molar-refractivity contribution < 1.29 is 4.74 Å². The average molecular weight is 245 g/mol. The maximum absolute atomic E-state index is 5.75. The number of hydrogen-bond donors (Lipinski definition) is 2. The van der Waals surface area contributed by atoms with Crippen LogP contribution < -0.4 is 16.0 Å². The van der Waals surface area contributed by atoms with Gasteiger partial charge in [0, 0.05) is 6.20 Å². The molecule has 0 aliphatic rings. The summed E-state index contributed by atoms with van der Waals surface area (Å²) < 4.78 is 5.75. The fourth-order valence-electron chi connectivity index (χ4n) is 1.52. The van der Waals surface area contributed by atoms with E-state index in [1.807, 2.05) is 26.0 Å². The van der Waals surface area contributed by atoms with Crippen LogP contribution in [0, 0.1) is 20.8 Å². The van der Waals surface area contributed by atoms with Crippen molar-refractivity contribution in [1.82, 2.24) is 15.0 Å². The molecular weight excluding hydrogens is 230 g/mol. The van der Waals surface area contributed by atoms with Gasteiger partial charge in [-0.25, -0.2) is 10.8 Å². The Morgan fingerprint density at radius 3 is 2.67 bits per heavy atom. The number of hydrazine groups is 1. The molecule has 18 heavy (non-hydrogen) atoms. The van der Waals surface area contributed by atoms with Crippen molar-refractivity contribution in [1.29, 1.82) is 0 Å². The maximum Gasteiger partial charge on any atom is 0.227 e. The minimum atomic E-state index is 0.478. The predicted molar refractivity (Wildman–Crippen MR) is 68.4 cm³/mol. The summed E-state index contributed by atoms with van der Waals surface area (Å²) in [5.74, 6) is 7.69. The van der Waals surface area contributed by atoms with Gasteiger partial charge in [0.05, 0.1) is 11.3 Å². The van der Waals surface area contributed by atoms with Crippen LogP contribution in [-0.4, -0.2) is 15.0 Å². The smallest absolute Gasteiger partial charge is 0.227 e. The minimum Gasteiger partial charge on any atom is -0.437 e. The third-order valence-electron chi connectivity index (χ3n) is 2.51. The maximum atomic E-state index is 5.75. The van der Waals surface area contributed by atoms with Crippen molar-refractivity contribution in [3.8, 4) is 11.6 Å². The first-order valence-corrected chi connectivity index (χ1v) is 5.53. The van der Waals surface area contributed by atoms with Crippen LogP contribution in [0.1, 0.15) is 17.1 Å². The number of hydrogen-bond acceptors (Lipinski definition) is 6. The highest BCUT2D eigenvalue weighted by Crippen LogP contribution is 2.27. The molecule has 2 rings (SSSR count). The lowest BCUT2D eigenvalue weighted by Gasteiger charge is -2.12. The van der Waals surface area contributed by atoms with Gasteiger partial charge in [-0.15, -0.1) is 0 Å². The number of aromatic nitrogens is 3. The number of nitrogens with zero attached hydrogens (tertiary/aromatic N) is 3. The summed E-state index contributed by atoms with van der Waals surface area (Å²) in [6.45, 7) is 5.50. The normalized spacial score (nSPS) is 10.2. The Kier molecular flexibility index (Phi) is 3.38. The van der Waals surface area contributed by atoms with E-state index in [1.54, 1.807) is 13.1 Å². The van der Waals surface area contributed by atoms with E-state index in [1.165, 1.54) is 0 Å². The Morgan fingerprint density at radius 1 is 1.22 bits per heavy atom. The van der Waals surface area contributed by atoms with E-state index in [0.717, 1.165) is 11.3 Å². The lowest BCUT2D eigenvalue weighted by Crippen LogP contribution is -2.12. The van der Waals surface area contributed by atoms with Crippen LogP contribution >= 0.6 is 0 Å². The highest BCUT2D eigenvalue weighted by atomic mass is 16.5. The molecule has 0 amide bonds. The molecule has 2 heterocycles. The summed E-state index contributed by atoms with van der Waals surface area (Å²) in [4.78, 5) is 12.6. The fraction of sp³-hybridized carbons (Fsp3) is 0.250. The molecule has 3 N–H and O–H groups in total.